The number of carbonyl (C=O) groups is 2. The molecule has 0 spiro atoms. The number of hydrogen-bond acceptors (Lipinski definition) is 3. The third-order valence-electron chi connectivity index (χ3n) is 3.43. The summed E-state index contributed by atoms with van der Waals surface area (Å²) in [5, 5.41) is 6.22. The Hall–Kier alpha value is -1.10. The molecule has 2 aliphatic rings. The number of amides is 2. The summed E-state index contributed by atoms with van der Waals surface area (Å²) in [6, 6.07) is 0.805. The molecular formula is C12H21N3O2. The van der Waals surface area contributed by atoms with Gasteiger partial charge >= 0.3 is 0 Å². The number of hydrogen-bond donors (Lipinski definition) is 2. The Labute approximate surface area is 102 Å². The minimum atomic E-state index is 0.0986. The van der Waals surface area contributed by atoms with Crippen molar-refractivity contribution >= 4 is 11.8 Å². The number of likely N-dealkylation sites (tertiary alicyclic amines) is 1. The Bertz CT molecular complexity index is 294. The van der Waals surface area contributed by atoms with Gasteiger partial charge in [0.2, 0.25) is 11.8 Å². The molecule has 1 aliphatic carbocycles. The van der Waals surface area contributed by atoms with E-state index in [2.05, 4.69) is 10.6 Å². The van der Waals surface area contributed by atoms with Crippen molar-refractivity contribution in [3.05, 3.63) is 0 Å². The average Bonchev–Trinajstić information content (AvgIpc) is 3.11. The number of piperidine rings is 1. The highest BCUT2D eigenvalue weighted by atomic mass is 16.2. The van der Waals surface area contributed by atoms with Crippen LogP contribution < -0.4 is 10.6 Å². The van der Waals surface area contributed by atoms with Gasteiger partial charge in [-0.25, -0.2) is 0 Å². The molecule has 2 fully saturated rings. The summed E-state index contributed by atoms with van der Waals surface area (Å²) in [4.78, 5) is 24.5. The molecule has 1 saturated carbocycles. The molecule has 1 heterocycles. The van der Waals surface area contributed by atoms with Gasteiger partial charge in [-0.05, 0) is 25.7 Å². The number of nitrogens with zero attached hydrogens (tertiary/aromatic N) is 1. The van der Waals surface area contributed by atoms with Gasteiger partial charge in [-0.3, -0.25) is 9.59 Å². The minimum Gasteiger partial charge on any atom is -0.352 e. The van der Waals surface area contributed by atoms with Crippen LogP contribution in [-0.2, 0) is 9.59 Å². The van der Waals surface area contributed by atoms with Gasteiger partial charge in [0, 0.05) is 32.1 Å². The maximum absolute atomic E-state index is 11.5. The highest BCUT2D eigenvalue weighted by Crippen LogP contribution is 2.18. The summed E-state index contributed by atoms with van der Waals surface area (Å²) in [6.45, 7) is 3.62. The Morgan fingerprint density at radius 2 is 1.76 bits per heavy atom. The summed E-state index contributed by atoms with van der Waals surface area (Å²) in [5.41, 5.74) is 0. The van der Waals surface area contributed by atoms with Crippen molar-refractivity contribution in [3.8, 4) is 0 Å². The Morgan fingerprint density at radius 1 is 1.12 bits per heavy atom. The smallest absolute Gasteiger partial charge is 0.234 e. The second-order valence-electron chi connectivity index (χ2n) is 5.00. The average molecular weight is 239 g/mol. The van der Waals surface area contributed by atoms with Crippen molar-refractivity contribution in [2.45, 2.75) is 44.7 Å². The van der Waals surface area contributed by atoms with E-state index in [0.29, 0.717) is 18.6 Å². The largest absolute Gasteiger partial charge is 0.352 e. The van der Waals surface area contributed by atoms with Crippen LogP contribution in [0.1, 0.15) is 32.6 Å². The molecule has 0 unspecified atom stereocenters. The van der Waals surface area contributed by atoms with Crippen molar-refractivity contribution in [1.29, 1.82) is 0 Å². The van der Waals surface area contributed by atoms with E-state index < -0.39 is 0 Å². The minimum absolute atomic E-state index is 0.0986. The van der Waals surface area contributed by atoms with E-state index in [1.165, 1.54) is 0 Å². The van der Waals surface area contributed by atoms with Crippen molar-refractivity contribution in [2.24, 2.45) is 0 Å². The molecule has 17 heavy (non-hydrogen) atoms. The van der Waals surface area contributed by atoms with Gasteiger partial charge in [-0.15, -0.1) is 0 Å². The fourth-order valence-corrected chi connectivity index (χ4v) is 2.14. The van der Waals surface area contributed by atoms with Crippen LogP contribution in [0.5, 0.6) is 0 Å². The van der Waals surface area contributed by atoms with Crippen LogP contribution in [0.3, 0.4) is 0 Å². The van der Waals surface area contributed by atoms with Crippen LogP contribution in [0, 0.1) is 0 Å². The summed E-state index contributed by atoms with van der Waals surface area (Å²) in [7, 11) is 0. The highest BCUT2D eigenvalue weighted by Gasteiger charge is 2.24. The molecule has 0 atom stereocenters. The zero-order chi connectivity index (χ0) is 12.3. The Morgan fingerprint density at radius 3 is 2.29 bits per heavy atom. The normalized spacial score (nSPS) is 21.4. The predicted molar refractivity (Wildman–Crippen MR) is 64.4 cm³/mol. The van der Waals surface area contributed by atoms with E-state index in [1.807, 2.05) is 4.90 Å². The van der Waals surface area contributed by atoms with Crippen LogP contribution in [0.4, 0.5) is 0 Å². The van der Waals surface area contributed by atoms with Crippen molar-refractivity contribution in [1.82, 2.24) is 15.5 Å². The van der Waals surface area contributed by atoms with E-state index in [4.69, 9.17) is 0 Å². The summed E-state index contributed by atoms with van der Waals surface area (Å²) in [6.07, 6.45) is 4.14. The lowest BCUT2D eigenvalue weighted by Gasteiger charge is -2.31. The van der Waals surface area contributed by atoms with Gasteiger partial charge in [0.25, 0.3) is 0 Å². The first-order valence-electron chi connectivity index (χ1n) is 6.43. The molecule has 2 amide bonds. The molecule has 5 heteroatoms. The summed E-state index contributed by atoms with van der Waals surface area (Å²) in [5.74, 6) is 0.247. The molecule has 2 N–H and O–H groups in total. The predicted octanol–water partition coefficient (Wildman–Crippen LogP) is -0.134. The Balaban J connectivity index is 1.60. The fraction of sp³-hybridized carbons (Fsp3) is 0.833. The summed E-state index contributed by atoms with van der Waals surface area (Å²) >= 11 is 0. The second-order valence-corrected chi connectivity index (χ2v) is 5.00. The molecule has 0 aromatic heterocycles. The fourth-order valence-electron chi connectivity index (χ4n) is 2.14. The van der Waals surface area contributed by atoms with Crippen LogP contribution in [0.2, 0.25) is 0 Å². The molecule has 0 aromatic carbocycles. The van der Waals surface area contributed by atoms with Crippen molar-refractivity contribution in [2.75, 3.05) is 19.6 Å². The number of carbonyl (C=O) groups excluding carboxylic acids is 2. The van der Waals surface area contributed by atoms with Crippen molar-refractivity contribution < 1.29 is 9.59 Å². The molecule has 0 radical (unpaired) electrons. The number of nitrogens with one attached hydrogen (secondary N) is 2. The van der Waals surface area contributed by atoms with Crippen LogP contribution in [0.25, 0.3) is 0 Å². The zero-order valence-electron chi connectivity index (χ0n) is 10.4. The molecule has 5 nitrogen and oxygen atoms in total. The van der Waals surface area contributed by atoms with Gasteiger partial charge in [-0.2, -0.15) is 0 Å². The van der Waals surface area contributed by atoms with E-state index >= 15 is 0 Å². The zero-order valence-corrected chi connectivity index (χ0v) is 10.4. The highest BCUT2D eigenvalue weighted by molar-refractivity contribution is 5.78. The van der Waals surface area contributed by atoms with Crippen LogP contribution in [-0.4, -0.2) is 48.4 Å². The molecular weight excluding hydrogens is 218 g/mol. The second kappa shape index (κ2) is 5.49. The first kappa shape index (κ1) is 12.4. The van der Waals surface area contributed by atoms with E-state index in [9.17, 15) is 9.59 Å². The van der Waals surface area contributed by atoms with Crippen LogP contribution in [0.15, 0.2) is 0 Å². The molecule has 1 saturated heterocycles. The lowest BCUT2D eigenvalue weighted by atomic mass is 10.1. The van der Waals surface area contributed by atoms with Gasteiger partial charge in [-0.1, -0.05) is 0 Å². The third-order valence-corrected chi connectivity index (χ3v) is 3.43. The molecule has 0 bridgehead atoms. The quantitative estimate of drug-likeness (QED) is 0.718. The maximum Gasteiger partial charge on any atom is 0.234 e. The SMILES string of the molecule is CC(=O)N1CCC(NCC(=O)NC2CC2)CC1. The van der Waals surface area contributed by atoms with E-state index in [0.717, 1.165) is 38.8 Å². The van der Waals surface area contributed by atoms with Crippen LogP contribution >= 0.6 is 0 Å². The van der Waals surface area contributed by atoms with Gasteiger partial charge in [0.15, 0.2) is 0 Å². The maximum atomic E-state index is 11.5. The van der Waals surface area contributed by atoms with Gasteiger partial charge < -0.3 is 15.5 Å². The standard InChI is InChI=1S/C12H21N3O2/c1-9(16)15-6-4-10(5-7-15)13-8-12(17)14-11-2-3-11/h10-11,13H,2-8H2,1H3,(H,14,17). The molecule has 1 aliphatic heterocycles. The lowest BCUT2D eigenvalue weighted by Crippen LogP contribution is -2.47. The molecule has 96 valence electrons. The molecule has 2 rings (SSSR count). The molecule has 0 aromatic rings. The lowest BCUT2D eigenvalue weighted by molar-refractivity contribution is -0.130. The van der Waals surface area contributed by atoms with E-state index in [1.54, 1.807) is 6.92 Å². The number of rotatable bonds is 4. The first-order chi connectivity index (χ1) is 8.15. The topological polar surface area (TPSA) is 61.4 Å². The first-order valence-corrected chi connectivity index (χ1v) is 6.43. The van der Waals surface area contributed by atoms with Gasteiger partial charge in [0.05, 0.1) is 6.54 Å². The van der Waals surface area contributed by atoms with Crippen molar-refractivity contribution in [3.63, 3.8) is 0 Å². The van der Waals surface area contributed by atoms with E-state index in [-0.39, 0.29) is 11.8 Å². The monoisotopic (exact) mass is 239 g/mol. The summed E-state index contributed by atoms with van der Waals surface area (Å²) < 4.78 is 0. The Kier molecular flexibility index (Phi) is 3.99. The third kappa shape index (κ3) is 4.00. The van der Waals surface area contributed by atoms with Gasteiger partial charge in [0.1, 0.15) is 0 Å².